The molecule has 154 valence electrons. The number of imidazole rings is 1. The second kappa shape index (κ2) is 7.82. The van der Waals surface area contributed by atoms with Crippen molar-refractivity contribution in [3.63, 3.8) is 0 Å². The van der Waals surface area contributed by atoms with Crippen LogP contribution in [0.15, 0.2) is 72.0 Å². The number of amides is 1. The quantitative estimate of drug-likeness (QED) is 0.453. The van der Waals surface area contributed by atoms with Gasteiger partial charge in [-0.1, -0.05) is 23.4 Å². The van der Waals surface area contributed by atoms with E-state index in [1.165, 1.54) is 4.68 Å². The van der Waals surface area contributed by atoms with E-state index in [4.69, 9.17) is 0 Å². The molecule has 1 amide bonds. The number of pyridine rings is 1. The van der Waals surface area contributed by atoms with Gasteiger partial charge in [-0.25, -0.2) is 9.67 Å². The first-order valence-electron chi connectivity index (χ1n) is 9.73. The maximum atomic E-state index is 12.4. The van der Waals surface area contributed by atoms with Gasteiger partial charge in [-0.2, -0.15) is 5.10 Å². The smallest absolute Gasteiger partial charge is 0.277 e. The molecule has 0 bridgehead atoms. The number of hydrogen-bond donors (Lipinski definition) is 1. The molecule has 0 unspecified atom stereocenters. The van der Waals surface area contributed by atoms with Crippen LogP contribution in [0.5, 0.6) is 0 Å². The lowest BCUT2D eigenvalue weighted by Crippen LogP contribution is -2.26. The third kappa shape index (κ3) is 3.90. The van der Waals surface area contributed by atoms with Crippen LogP contribution >= 0.6 is 0 Å². The lowest BCUT2D eigenvalue weighted by atomic mass is 10.2. The normalized spacial score (nSPS) is 11.2. The summed E-state index contributed by atoms with van der Waals surface area (Å²) in [6.07, 6.45) is 7.29. The van der Waals surface area contributed by atoms with Gasteiger partial charge in [-0.15, -0.1) is 5.10 Å². The third-order valence-corrected chi connectivity index (χ3v) is 4.83. The minimum absolute atomic E-state index is 0.0878. The first kappa shape index (κ1) is 18.7. The van der Waals surface area contributed by atoms with Crippen LogP contribution < -0.4 is 10.9 Å². The van der Waals surface area contributed by atoms with E-state index in [1.54, 1.807) is 41.3 Å². The molecular formula is C21H18N8O2. The van der Waals surface area contributed by atoms with Crippen LogP contribution in [0.1, 0.15) is 12.1 Å². The average Bonchev–Trinajstić information content (AvgIpc) is 3.39. The van der Waals surface area contributed by atoms with Crippen LogP contribution in [0.3, 0.4) is 0 Å². The molecule has 31 heavy (non-hydrogen) atoms. The van der Waals surface area contributed by atoms with Crippen molar-refractivity contribution in [3.8, 4) is 0 Å². The van der Waals surface area contributed by atoms with Gasteiger partial charge in [0.2, 0.25) is 5.91 Å². The van der Waals surface area contributed by atoms with Gasteiger partial charge in [0.1, 0.15) is 11.2 Å². The highest BCUT2D eigenvalue weighted by Gasteiger charge is 2.10. The summed E-state index contributed by atoms with van der Waals surface area (Å²) in [6.45, 7) is 0.623. The summed E-state index contributed by atoms with van der Waals surface area (Å²) in [7, 11) is 0. The van der Waals surface area contributed by atoms with Gasteiger partial charge >= 0.3 is 0 Å². The van der Waals surface area contributed by atoms with Crippen LogP contribution in [0, 0.1) is 0 Å². The van der Waals surface area contributed by atoms with Crippen molar-refractivity contribution in [2.45, 2.75) is 19.5 Å². The van der Waals surface area contributed by atoms with Gasteiger partial charge in [0.05, 0.1) is 36.1 Å². The number of anilines is 1. The Morgan fingerprint density at radius 1 is 1.06 bits per heavy atom. The van der Waals surface area contributed by atoms with Gasteiger partial charge < -0.3 is 9.72 Å². The average molecular weight is 414 g/mol. The van der Waals surface area contributed by atoms with E-state index in [0.717, 1.165) is 11.3 Å². The fourth-order valence-corrected chi connectivity index (χ4v) is 3.34. The molecule has 0 fully saturated rings. The molecule has 5 aromatic rings. The lowest BCUT2D eigenvalue weighted by Gasteiger charge is -2.05. The number of aryl methyl sites for hydroxylation is 1. The van der Waals surface area contributed by atoms with Crippen molar-refractivity contribution in [1.29, 1.82) is 0 Å². The maximum absolute atomic E-state index is 12.4. The number of nitrogens with one attached hydrogen (secondary N) is 1. The minimum atomic E-state index is -0.265. The second-order valence-electron chi connectivity index (χ2n) is 7.06. The fraction of sp³-hybridized carbons (Fsp3) is 0.143. The minimum Gasteiger partial charge on any atom is -0.323 e. The van der Waals surface area contributed by atoms with Gasteiger partial charge in [-0.3, -0.25) is 14.3 Å². The van der Waals surface area contributed by atoms with E-state index in [9.17, 15) is 9.59 Å². The molecule has 0 aliphatic carbocycles. The Kier molecular flexibility index (Phi) is 4.71. The summed E-state index contributed by atoms with van der Waals surface area (Å²) < 4.78 is 4.85. The SMILES string of the molecule is O=C(CCn1nnc2ccccc2c1=O)Nc1cnn(Cc2cn3ccccc3n2)c1. The van der Waals surface area contributed by atoms with Crippen molar-refractivity contribution in [2.24, 2.45) is 0 Å². The molecule has 4 heterocycles. The highest BCUT2D eigenvalue weighted by molar-refractivity contribution is 5.90. The first-order chi connectivity index (χ1) is 15.2. The van der Waals surface area contributed by atoms with E-state index < -0.39 is 0 Å². The van der Waals surface area contributed by atoms with Crippen LogP contribution in [0.2, 0.25) is 0 Å². The van der Waals surface area contributed by atoms with Crippen molar-refractivity contribution in [2.75, 3.05) is 5.32 Å². The topological polar surface area (TPSA) is 112 Å². The van der Waals surface area contributed by atoms with Gasteiger partial charge in [0.25, 0.3) is 5.56 Å². The summed E-state index contributed by atoms with van der Waals surface area (Å²) >= 11 is 0. The van der Waals surface area contributed by atoms with E-state index in [-0.39, 0.29) is 24.4 Å². The standard InChI is InChI=1S/C21H18N8O2/c30-20(8-10-29-21(31)17-5-1-2-6-18(17)25-26-29)24-15-11-22-28(13-15)14-16-12-27-9-4-3-7-19(27)23-16/h1-7,9,11-13H,8,10,14H2,(H,24,30). The zero-order valence-electron chi connectivity index (χ0n) is 16.4. The highest BCUT2D eigenvalue weighted by Crippen LogP contribution is 2.10. The van der Waals surface area contributed by atoms with Crippen molar-refractivity contribution < 1.29 is 4.79 Å². The highest BCUT2D eigenvalue weighted by atomic mass is 16.2. The molecule has 0 aliphatic rings. The number of aromatic nitrogens is 7. The van der Waals surface area contributed by atoms with Gasteiger partial charge in [0, 0.05) is 25.0 Å². The molecular weight excluding hydrogens is 396 g/mol. The van der Waals surface area contributed by atoms with Crippen LogP contribution in [-0.2, 0) is 17.9 Å². The monoisotopic (exact) mass is 414 g/mol. The van der Waals surface area contributed by atoms with Crippen molar-refractivity contribution >= 4 is 28.1 Å². The number of hydrogen-bond acceptors (Lipinski definition) is 6. The molecule has 0 atom stereocenters. The summed E-state index contributed by atoms with van der Waals surface area (Å²) in [6, 6.07) is 12.8. The maximum Gasteiger partial charge on any atom is 0.277 e. The largest absolute Gasteiger partial charge is 0.323 e. The van der Waals surface area contributed by atoms with Crippen LogP contribution in [0.4, 0.5) is 5.69 Å². The number of rotatable bonds is 6. The van der Waals surface area contributed by atoms with E-state index in [2.05, 4.69) is 25.7 Å². The molecule has 4 aromatic heterocycles. The molecule has 10 heteroatoms. The van der Waals surface area contributed by atoms with Crippen LogP contribution in [-0.4, -0.2) is 40.1 Å². The Morgan fingerprint density at radius 2 is 1.94 bits per heavy atom. The molecule has 0 radical (unpaired) electrons. The molecule has 1 aromatic carbocycles. The summed E-state index contributed by atoms with van der Waals surface area (Å²) in [5, 5.41) is 15.5. The predicted octanol–water partition coefficient (Wildman–Crippen LogP) is 1.71. The molecule has 0 aliphatic heterocycles. The number of nitrogens with zero attached hydrogens (tertiary/aromatic N) is 7. The van der Waals surface area contributed by atoms with E-state index in [0.29, 0.717) is 23.1 Å². The third-order valence-electron chi connectivity index (χ3n) is 4.83. The predicted molar refractivity (Wildman–Crippen MR) is 114 cm³/mol. The molecule has 0 saturated carbocycles. The van der Waals surface area contributed by atoms with Crippen molar-refractivity contribution in [3.05, 3.63) is 83.3 Å². The molecule has 0 spiro atoms. The summed E-state index contributed by atoms with van der Waals surface area (Å²) in [5.41, 5.74) is 2.57. The summed E-state index contributed by atoms with van der Waals surface area (Å²) in [4.78, 5) is 29.3. The Morgan fingerprint density at radius 3 is 2.84 bits per heavy atom. The Hall–Kier alpha value is -4.34. The van der Waals surface area contributed by atoms with Crippen LogP contribution in [0.25, 0.3) is 16.6 Å². The van der Waals surface area contributed by atoms with E-state index in [1.807, 2.05) is 35.0 Å². The summed E-state index contributed by atoms with van der Waals surface area (Å²) in [5.74, 6) is -0.242. The van der Waals surface area contributed by atoms with Crippen molar-refractivity contribution in [1.82, 2.24) is 34.2 Å². The second-order valence-corrected chi connectivity index (χ2v) is 7.06. The molecule has 5 rings (SSSR count). The Bertz CT molecular complexity index is 1420. The first-order valence-corrected chi connectivity index (χ1v) is 9.73. The molecule has 1 N–H and O–H groups in total. The number of carbonyl (C=O) groups excluding carboxylic acids is 1. The molecule has 0 saturated heterocycles. The fourth-order valence-electron chi connectivity index (χ4n) is 3.34. The number of benzene rings is 1. The number of fused-ring (bicyclic) bond motifs is 2. The van der Waals surface area contributed by atoms with Gasteiger partial charge in [-0.05, 0) is 24.3 Å². The number of carbonyl (C=O) groups is 1. The lowest BCUT2D eigenvalue weighted by molar-refractivity contribution is -0.116. The zero-order valence-corrected chi connectivity index (χ0v) is 16.4. The Balaban J connectivity index is 1.21. The van der Waals surface area contributed by atoms with Gasteiger partial charge in [0.15, 0.2) is 0 Å². The zero-order chi connectivity index (χ0) is 21.2. The molecule has 10 nitrogen and oxygen atoms in total. The Labute approximate surface area is 175 Å². The van der Waals surface area contributed by atoms with E-state index >= 15 is 0 Å².